The van der Waals surface area contributed by atoms with Gasteiger partial charge in [0.05, 0.1) is 0 Å². The molecule has 0 radical (unpaired) electrons. The standard InChI is InChI=1S/C11H14FNO3/c1-8-6-9(12)4-5-10(8)16-7-11(2,3)13(14)15/h4-6H,7H2,1-3H3. The van der Waals surface area contributed by atoms with Crippen molar-refractivity contribution >= 4 is 0 Å². The van der Waals surface area contributed by atoms with E-state index >= 15 is 0 Å². The summed E-state index contributed by atoms with van der Waals surface area (Å²) in [6.45, 7) is 4.60. The van der Waals surface area contributed by atoms with Crippen LogP contribution in [-0.2, 0) is 0 Å². The summed E-state index contributed by atoms with van der Waals surface area (Å²) in [7, 11) is 0. The van der Waals surface area contributed by atoms with Gasteiger partial charge in [-0.1, -0.05) is 0 Å². The van der Waals surface area contributed by atoms with E-state index < -0.39 is 10.5 Å². The molecule has 1 aromatic rings. The van der Waals surface area contributed by atoms with Gasteiger partial charge in [0, 0.05) is 18.8 Å². The number of nitrogens with zero attached hydrogens (tertiary/aromatic N) is 1. The summed E-state index contributed by atoms with van der Waals surface area (Å²) in [6.07, 6.45) is 0. The summed E-state index contributed by atoms with van der Waals surface area (Å²) in [6, 6.07) is 4.07. The molecule has 0 bridgehead atoms. The summed E-state index contributed by atoms with van der Waals surface area (Å²) in [4.78, 5) is 10.2. The zero-order valence-corrected chi connectivity index (χ0v) is 9.49. The monoisotopic (exact) mass is 227 g/mol. The first-order chi connectivity index (χ1) is 7.33. The zero-order chi connectivity index (χ0) is 12.3. The highest BCUT2D eigenvalue weighted by Crippen LogP contribution is 2.20. The number of aryl methyl sites for hydroxylation is 1. The first kappa shape index (κ1) is 12.4. The molecule has 0 amide bonds. The van der Waals surface area contributed by atoms with Crippen molar-refractivity contribution in [1.29, 1.82) is 0 Å². The van der Waals surface area contributed by atoms with Crippen LogP contribution in [0.5, 0.6) is 5.75 Å². The lowest BCUT2D eigenvalue weighted by Crippen LogP contribution is -2.37. The lowest BCUT2D eigenvalue weighted by atomic mass is 10.1. The molecule has 1 aromatic carbocycles. The highest BCUT2D eigenvalue weighted by atomic mass is 19.1. The fourth-order valence-electron chi connectivity index (χ4n) is 1.08. The van der Waals surface area contributed by atoms with Crippen LogP contribution in [0.25, 0.3) is 0 Å². The Hall–Kier alpha value is -1.65. The van der Waals surface area contributed by atoms with E-state index in [-0.39, 0.29) is 12.4 Å². The molecule has 0 unspecified atom stereocenters. The second-order valence-corrected chi connectivity index (χ2v) is 4.27. The highest BCUT2D eigenvalue weighted by molar-refractivity contribution is 5.32. The molecule has 0 atom stereocenters. The number of ether oxygens (including phenoxy) is 1. The van der Waals surface area contributed by atoms with Gasteiger partial charge in [-0.05, 0) is 30.7 Å². The predicted octanol–water partition coefficient (Wildman–Crippen LogP) is 2.57. The third kappa shape index (κ3) is 2.92. The minimum absolute atomic E-state index is 0.0491. The topological polar surface area (TPSA) is 52.4 Å². The van der Waals surface area contributed by atoms with Crippen LogP contribution in [0, 0.1) is 22.9 Å². The molecule has 0 fully saturated rings. The van der Waals surface area contributed by atoms with Crippen LogP contribution in [0.3, 0.4) is 0 Å². The van der Waals surface area contributed by atoms with Crippen molar-refractivity contribution in [2.45, 2.75) is 26.3 Å². The molecular weight excluding hydrogens is 213 g/mol. The molecule has 0 saturated heterocycles. The fraction of sp³-hybridized carbons (Fsp3) is 0.455. The average Bonchev–Trinajstić information content (AvgIpc) is 2.16. The molecular formula is C11H14FNO3. The molecule has 0 aliphatic carbocycles. The Labute approximate surface area is 93.2 Å². The van der Waals surface area contributed by atoms with Crippen LogP contribution >= 0.6 is 0 Å². The second-order valence-electron chi connectivity index (χ2n) is 4.27. The van der Waals surface area contributed by atoms with Crippen LogP contribution in [-0.4, -0.2) is 17.1 Å². The Balaban J connectivity index is 2.72. The SMILES string of the molecule is Cc1cc(F)ccc1OCC(C)(C)[N+](=O)[O-]. The van der Waals surface area contributed by atoms with Crippen LogP contribution < -0.4 is 4.74 Å². The van der Waals surface area contributed by atoms with Crippen molar-refractivity contribution in [3.8, 4) is 5.75 Å². The third-order valence-electron chi connectivity index (χ3n) is 2.21. The minimum Gasteiger partial charge on any atom is -0.486 e. The second kappa shape index (κ2) is 4.47. The maximum atomic E-state index is 12.8. The Morgan fingerprint density at radius 1 is 1.50 bits per heavy atom. The van der Waals surface area contributed by atoms with Crippen LogP contribution in [0.15, 0.2) is 18.2 Å². The number of hydrogen-bond acceptors (Lipinski definition) is 3. The molecule has 0 spiro atoms. The van der Waals surface area contributed by atoms with Gasteiger partial charge in [-0.2, -0.15) is 0 Å². The maximum Gasteiger partial charge on any atom is 0.250 e. The normalized spacial score (nSPS) is 11.2. The summed E-state index contributed by atoms with van der Waals surface area (Å²) < 4.78 is 18.1. The largest absolute Gasteiger partial charge is 0.486 e. The van der Waals surface area contributed by atoms with E-state index in [2.05, 4.69) is 0 Å². The number of hydrogen-bond donors (Lipinski definition) is 0. The van der Waals surface area contributed by atoms with E-state index in [0.29, 0.717) is 11.3 Å². The summed E-state index contributed by atoms with van der Waals surface area (Å²) in [5, 5.41) is 10.6. The van der Waals surface area contributed by atoms with Crippen LogP contribution in [0.1, 0.15) is 19.4 Å². The van der Waals surface area contributed by atoms with Crippen molar-refractivity contribution in [2.75, 3.05) is 6.61 Å². The molecule has 5 heteroatoms. The van der Waals surface area contributed by atoms with Crippen molar-refractivity contribution in [3.63, 3.8) is 0 Å². The molecule has 88 valence electrons. The Kier molecular flexibility index (Phi) is 3.47. The van der Waals surface area contributed by atoms with E-state index in [1.807, 2.05) is 0 Å². The molecule has 1 rings (SSSR count). The van der Waals surface area contributed by atoms with Gasteiger partial charge in [-0.15, -0.1) is 0 Å². The van der Waals surface area contributed by atoms with E-state index in [1.165, 1.54) is 32.0 Å². The lowest BCUT2D eigenvalue weighted by molar-refractivity contribution is -0.562. The van der Waals surface area contributed by atoms with Crippen LogP contribution in [0.4, 0.5) is 4.39 Å². The summed E-state index contributed by atoms with van der Waals surface area (Å²) >= 11 is 0. The van der Waals surface area contributed by atoms with Gasteiger partial charge in [-0.3, -0.25) is 10.1 Å². The van der Waals surface area contributed by atoms with Crippen molar-refractivity contribution < 1.29 is 14.1 Å². The minimum atomic E-state index is -1.15. The number of benzene rings is 1. The van der Waals surface area contributed by atoms with Gasteiger partial charge in [0.1, 0.15) is 11.6 Å². The van der Waals surface area contributed by atoms with Crippen molar-refractivity contribution in [2.24, 2.45) is 0 Å². The molecule has 0 aliphatic heterocycles. The number of halogens is 1. The zero-order valence-electron chi connectivity index (χ0n) is 9.49. The Morgan fingerprint density at radius 3 is 2.62 bits per heavy atom. The molecule has 0 saturated carbocycles. The molecule has 0 aliphatic rings. The molecule has 0 aromatic heterocycles. The van der Waals surface area contributed by atoms with E-state index in [4.69, 9.17) is 4.74 Å². The Bertz CT molecular complexity index is 404. The fourth-order valence-corrected chi connectivity index (χ4v) is 1.08. The first-order valence-corrected chi connectivity index (χ1v) is 4.86. The van der Waals surface area contributed by atoms with E-state index in [9.17, 15) is 14.5 Å². The average molecular weight is 227 g/mol. The van der Waals surface area contributed by atoms with Crippen molar-refractivity contribution in [1.82, 2.24) is 0 Å². The van der Waals surface area contributed by atoms with Gasteiger partial charge in [0.25, 0.3) is 0 Å². The van der Waals surface area contributed by atoms with Crippen LogP contribution in [0.2, 0.25) is 0 Å². The van der Waals surface area contributed by atoms with Gasteiger partial charge >= 0.3 is 0 Å². The van der Waals surface area contributed by atoms with Gasteiger partial charge in [0.2, 0.25) is 5.54 Å². The third-order valence-corrected chi connectivity index (χ3v) is 2.21. The molecule has 0 heterocycles. The first-order valence-electron chi connectivity index (χ1n) is 4.86. The van der Waals surface area contributed by atoms with E-state index in [1.54, 1.807) is 6.92 Å². The van der Waals surface area contributed by atoms with Gasteiger partial charge < -0.3 is 4.74 Å². The quantitative estimate of drug-likeness (QED) is 0.586. The summed E-state index contributed by atoms with van der Waals surface area (Å²) in [5.41, 5.74) is -0.528. The maximum absolute atomic E-state index is 12.8. The molecule has 16 heavy (non-hydrogen) atoms. The van der Waals surface area contributed by atoms with Crippen molar-refractivity contribution in [3.05, 3.63) is 39.7 Å². The van der Waals surface area contributed by atoms with Gasteiger partial charge in [0.15, 0.2) is 6.61 Å². The smallest absolute Gasteiger partial charge is 0.250 e. The highest BCUT2D eigenvalue weighted by Gasteiger charge is 2.31. The lowest BCUT2D eigenvalue weighted by Gasteiger charge is -2.17. The molecule has 4 nitrogen and oxygen atoms in total. The van der Waals surface area contributed by atoms with E-state index in [0.717, 1.165) is 0 Å². The van der Waals surface area contributed by atoms with Gasteiger partial charge in [-0.25, -0.2) is 4.39 Å². The molecule has 0 N–H and O–H groups in total. The predicted molar refractivity (Wildman–Crippen MR) is 57.7 cm³/mol. The number of rotatable bonds is 4. The Morgan fingerprint density at radius 2 is 2.12 bits per heavy atom. The summed E-state index contributed by atoms with van der Waals surface area (Å²) in [5.74, 6) is 0.120. The number of nitro groups is 1.